The highest BCUT2D eigenvalue weighted by molar-refractivity contribution is 5.81. The highest BCUT2D eigenvalue weighted by Crippen LogP contribution is 2.32. The highest BCUT2D eigenvalue weighted by atomic mass is 16.7. The van der Waals surface area contributed by atoms with Crippen LogP contribution in [0.3, 0.4) is 0 Å². The van der Waals surface area contributed by atoms with Gasteiger partial charge in [0, 0.05) is 25.7 Å². The van der Waals surface area contributed by atoms with Crippen molar-refractivity contribution in [3.05, 3.63) is 0 Å². The molecule has 20 nitrogen and oxygen atoms in total. The minimum absolute atomic E-state index is 0.0205. The summed E-state index contributed by atoms with van der Waals surface area (Å²) in [6.45, 7) is 0.365. The summed E-state index contributed by atoms with van der Waals surface area (Å²) in [6.07, 6.45) is -15.9. The van der Waals surface area contributed by atoms with Gasteiger partial charge in [-0.15, -0.1) is 0 Å². The summed E-state index contributed by atoms with van der Waals surface area (Å²) < 4.78 is 23.8. The second-order valence-corrected chi connectivity index (χ2v) is 13.1. The average molecular weight is 701 g/mol. The predicted octanol–water partition coefficient (Wildman–Crippen LogP) is -8.43. The van der Waals surface area contributed by atoms with E-state index in [9.17, 15) is 45.6 Å². The molecule has 18 N–H and O–H groups in total. The summed E-state index contributed by atoms with van der Waals surface area (Å²) in [6, 6.07) is -3.67. The molecule has 0 aromatic heterocycles. The van der Waals surface area contributed by atoms with Crippen molar-refractivity contribution < 1.29 is 69.7 Å². The predicted molar refractivity (Wildman–Crippen MR) is 164 cm³/mol. The zero-order valence-electron chi connectivity index (χ0n) is 27.2. The van der Waals surface area contributed by atoms with Crippen LogP contribution in [0.5, 0.6) is 0 Å². The van der Waals surface area contributed by atoms with E-state index in [-0.39, 0.29) is 26.1 Å². The van der Waals surface area contributed by atoms with Crippen molar-refractivity contribution in [3.8, 4) is 0 Å². The maximum absolute atomic E-state index is 12.9. The molecule has 0 radical (unpaired) electrons. The molecule has 17 atom stereocenters. The van der Waals surface area contributed by atoms with Gasteiger partial charge in [-0.25, -0.2) is 0 Å². The van der Waals surface area contributed by atoms with Crippen LogP contribution in [-0.2, 0) is 23.7 Å². The third-order valence-electron chi connectivity index (χ3n) is 9.15. The third-order valence-corrected chi connectivity index (χ3v) is 9.15. The minimum Gasteiger partial charge on any atom is -0.394 e. The Labute approximate surface area is 278 Å². The quantitative estimate of drug-likeness (QED) is 0.0710. The molecule has 0 aromatic rings. The lowest BCUT2D eigenvalue weighted by Crippen LogP contribution is -2.70. The molecule has 3 rings (SSSR count). The van der Waals surface area contributed by atoms with Gasteiger partial charge in [-0.3, -0.25) is 4.79 Å². The topological polar surface area (TPSA) is 350 Å². The zero-order valence-corrected chi connectivity index (χ0v) is 27.2. The zero-order chi connectivity index (χ0) is 35.9. The van der Waals surface area contributed by atoms with Crippen LogP contribution in [-0.4, -0.2) is 195 Å². The number of carbonyl (C=O) groups is 1. The number of likely N-dealkylation sites (N-methyl/N-ethyl adjacent to an activating group) is 1. The first-order chi connectivity index (χ1) is 22.6. The molecular weight excluding hydrogens is 644 g/mol. The smallest absolute Gasteiger partial charge is 0.251 e. The van der Waals surface area contributed by atoms with E-state index in [2.05, 4.69) is 16.0 Å². The van der Waals surface area contributed by atoms with E-state index in [1.165, 1.54) is 14.0 Å². The van der Waals surface area contributed by atoms with Crippen LogP contribution in [0.1, 0.15) is 26.2 Å². The molecule has 20 heteroatoms. The molecule has 48 heavy (non-hydrogen) atoms. The van der Waals surface area contributed by atoms with E-state index in [0.717, 1.165) is 0 Å². The number of nitrogens with one attached hydrogen (secondary N) is 3. The van der Waals surface area contributed by atoms with Crippen LogP contribution in [0.4, 0.5) is 0 Å². The first kappa shape index (κ1) is 41.2. The lowest BCUT2D eigenvalue weighted by Gasteiger charge is -2.49. The van der Waals surface area contributed by atoms with Crippen molar-refractivity contribution in [2.75, 3.05) is 39.9 Å². The molecule has 0 aromatic carbocycles. The summed E-state index contributed by atoms with van der Waals surface area (Å²) in [5.41, 5.74) is 16.6. The van der Waals surface area contributed by atoms with Crippen molar-refractivity contribution in [3.63, 3.8) is 0 Å². The van der Waals surface area contributed by atoms with Crippen LogP contribution in [0.25, 0.3) is 0 Å². The van der Waals surface area contributed by atoms with Crippen LogP contribution in [0, 0.1) is 0 Å². The van der Waals surface area contributed by atoms with Gasteiger partial charge in [0.05, 0.1) is 49.7 Å². The summed E-state index contributed by atoms with van der Waals surface area (Å²) in [5.74, 6) is -1.13. The van der Waals surface area contributed by atoms with Crippen molar-refractivity contribution in [2.24, 2.45) is 17.2 Å². The SMILES string of the molecule is CNC1C(O)C(OC2C(NC(=O)C(O)C(O)C(O)CN)CC(N)C(OC3OC(CNCC(O)C(O)CO)CCC3N)C2O)OCC1(C)O. The Morgan fingerprint density at radius 1 is 0.979 bits per heavy atom. The summed E-state index contributed by atoms with van der Waals surface area (Å²) in [5, 5.41) is 100. The minimum atomic E-state index is -2.11. The number of aliphatic hydroxyl groups is 9. The van der Waals surface area contributed by atoms with Crippen molar-refractivity contribution in [2.45, 2.75) is 130 Å². The van der Waals surface area contributed by atoms with Gasteiger partial charge < -0.3 is 98.1 Å². The summed E-state index contributed by atoms with van der Waals surface area (Å²) in [7, 11) is 1.52. The third kappa shape index (κ3) is 10.2. The summed E-state index contributed by atoms with van der Waals surface area (Å²) in [4.78, 5) is 12.9. The number of ether oxygens (including phenoxy) is 4. The van der Waals surface area contributed by atoms with Gasteiger partial charge >= 0.3 is 0 Å². The molecule has 3 aliphatic rings. The Bertz CT molecular complexity index is 991. The molecular formula is C28H56N6O14. The molecule has 2 heterocycles. The van der Waals surface area contributed by atoms with Crippen LogP contribution < -0.4 is 33.2 Å². The number of hydrogen-bond donors (Lipinski definition) is 15. The number of amides is 1. The fourth-order valence-electron chi connectivity index (χ4n) is 6.19. The van der Waals surface area contributed by atoms with Gasteiger partial charge in [0.1, 0.15) is 42.2 Å². The first-order valence-corrected chi connectivity index (χ1v) is 16.1. The van der Waals surface area contributed by atoms with Gasteiger partial charge in [0.15, 0.2) is 18.7 Å². The lowest BCUT2D eigenvalue weighted by molar-refractivity contribution is -0.307. The Morgan fingerprint density at radius 3 is 2.27 bits per heavy atom. The normalized spacial score (nSPS) is 40.8. The fraction of sp³-hybridized carbons (Fsp3) is 0.964. The van der Waals surface area contributed by atoms with Gasteiger partial charge in [-0.05, 0) is 33.2 Å². The second-order valence-electron chi connectivity index (χ2n) is 13.1. The standard InChI is InChI=1S/C28H56N6O14/c1-28(44)10-45-27(21(42)24(28)32-2)48-23-14(34-25(43)19(40)18(39)15(36)6-29)5-13(31)22(20(23)41)47-26-12(30)4-3-11(46-26)7-33-8-16(37)17(38)9-35/h11-24,26-27,32-33,35-42,44H,3-10,29-31H2,1-2H3,(H,34,43). The number of aliphatic hydroxyl groups excluding tert-OH is 8. The van der Waals surface area contributed by atoms with Crippen LogP contribution in [0.15, 0.2) is 0 Å². The molecule has 1 saturated carbocycles. The van der Waals surface area contributed by atoms with Crippen LogP contribution in [0.2, 0.25) is 0 Å². The maximum Gasteiger partial charge on any atom is 0.251 e. The second kappa shape index (κ2) is 18.3. The summed E-state index contributed by atoms with van der Waals surface area (Å²) >= 11 is 0. The Kier molecular flexibility index (Phi) is 15.7. The van der Waals surface area contributed by atoms with E-state index in [1.807, 2.05) is 0 Å². The number of rotatable bonds is 16. The van der Waals surface area contributed by atoms with Gasteiger partial charge in [0.2, 0.25) is 0 Å². The molecule has 2 aliphatic heterocycles. The van der Waals surface area contributed by atoms with E-state index < -0.39 is 122 Å². The highest BCUT2D eigenvalue weighted by Gasteiger charge is 2.52. The van der Waals surface area contributed by atoms with E-state index in [1.54, 1.807) is 0 Å². The van der Waals surface area contributed by atoms with Gasteiger partial charge in [-0.2, -0.15) is 0 Å². The monoisotopic (exact) mass is 700 g/mol. The molecule has 17 unspecified atom stereocenters. The first-order valence-electron chi connectivity index (χ1n) is 16.1. The van der Waals surface area contributed by atoms with E-state index in [4.69, 9.17) is 41.3 Å². The average Bonchev–Trinajstić information content (AvgIpc) is 3.05. The molecule has 1 amide bonds. The van der Waals surface area contributed by atoms with E-state index >= 15 is 0 Å². The van der Waals surface area contributed by atoms with Crippen molar-refractivity contribution >= 4 is 5.91 Å². The molecule has 3 fully saturated rings. The number of hydrogen-bond acceptors (Lipinski definition) is 19. The maximum atomic E-state index is 12.9. The van der Waals surface area contributed by atoms with Crippen LogP contribution >= 0.6 is 0 Å². The van der Waals surface area contributed by atoms with E-state index in [0.29, 0.717) is 12.8 Å². The van der Waals surface area contributed by atoms with Crippen molar-refractivity contribution in [1.82, 2.24) is 16.0 Å². The van der Waals surface area contributed by atoms with Gasteiger partial charge in [-0.1, -0.05) is 0 Å². The fourth-order valence-corrected chi connectivity index (χ4v) is 6.19. The molecule has 1 aliphatic carbocycles. The van der Waals surface area contributed by atoms with Gasteiger partial charge in [0.25, 0.3) is 5.91 Å². The Balaban J connectivity index is 1.77. The Morgan fingerprint density at radius 2 is 1.65 bits per heavy atom. The van der Waals surface area contributed by atoms with Crippen molar-refractivity contribution in [1.29, 1.82) is 0 Å². The Hall–Kier alpha value is -1.25. The lowest BCUT2D eigenvalue weighted by atomic mass is 9.83. The molecule has 2 saturated heterocycles. The number of nitrogens with two attached hydrogens (primary N) is 3. The molecule has 0 spiro atoms. The molecule has 282 valence electrons. The number of carbonyl (C=O) groups excluding carboxylic acids is 1. The molecule has 0 bridgehead atoms. The largest absolute Gasteiger partial charge is 0.394 e.